The Labute approximate surface area is 99.0 Å². The molecule has 2 atom stereocenters. The van der Waals surface area contributed by atoms with Crippen molar-refractivity contribution in [1.82, 2.24) is 0 Å². The molecular formula is C11H25IrN-4. The molecule has 2 unspecified atom stereocenters. The maximum atomic E-state index is 2.31. The molecule has 0 spiro atoms. The van der Waals surface area contributed by atoms with E-state index in [9.17, 15) is 0 Å². The fourth-order valence-electron chi connectivity index (χ4n) is 1.09. The zero-order valence-corrected chi connectivity index (χ0v) is 12.2. The van der Waals surface area contributed by atoms with Crippen LogP contribution in [0.2, 0.25) is 0 Å². The molecule has 0 aromatic carbocycles. The van der Waals surface area contributed by atoms with E-state index in [1.54, 1.807) is 0 Å². The van der Waals surface area contributed by atoms with Gasteiger partial charge < -0.3 is 26.4 Å². The van der Waals surface area contributed by atoms with E-state index in [0.29, 0.717) is 0 Å². The van der Waals surface area contributed by atoms with Crippen molar-refractivity contribution in [3.63, 3.8) is 0 Å². The summed E-state index contributed by atoms with van der Waals surface area (Å²) in [5.41, 5.74) is 0. The SMILES string of the molecule is C[CH-]C(C)C(C)C(C)[CH-]C.[CH3-].[Ir].[NH2-]. The number of nitrogens with two attached hydrogens (primary N) is 1. The Morgan fingerprint density at radius 1 is 0.846 bits per heavy atom. The minimum atomic E-state index is 0. The molecule has 1 nitrogen and oxygen atoms in total. The van der Waals surface area contributed by atoms with Crippen LogP contribution in [0.1, 0.15) is 34.6 Å². The van der Waals surface area contributed by atoms with Crippen molar-refractivity contribution in [2.24, 2.45) is 17.8 Å². The molecule has 1 radical (unpaired) electrons. The summed E-state index contributed by atoms with van der Waals surface area (Å²) in [6, 6.07) is 0. The molecule has 0 saturated carbocycles. The van der Waals surface area contributed by atoms with E-state index < -0.39 is 0 Å². The van der Waals surface area contributed by atoms with Crippen LogP contribution in [0.15, 0.2) is 0 Å². The molecule has 0 aliphatic heterocycles. The Balaban J connectivity index is -0.000000135. The molecule has 13 heavy (non-hydrogen) atoms. The Morgan fingerprint density at radius 3 is 1.23 bits per heavy atom. The van der Waals surface area contributed by atoms with Gasteiger partial charge in [-0.2, -0.15) is 25.7 Å². The maximum Gasteiger partial charge on any atom is 0 e. The van der Waals surface area contributed by atoms with E-state index in [-0.39, 0.29) is 33.7 Å². The van der Waals surface area contributed by atoms with E-state index >= 15 is 0 Å². The van der Waals surface area contributed by atoms with Crippen LogP contribution >= 0.6 is 0 Å². The van der Waals surface area contributed by atoms with Crippen LogP contribution in [0, 0.1) is 38.0 Å². The number of hydrogen-bond donors (Lipinski definition) is 0. The Morgan fingerprint density at radius 2 is 1.08 bits per heavy atom. The molecule has 2 N–H and O–H groups in total. The zero-order chi connectivity index (χ0) is 8.15. The second kappa shape index (κ2) is 12.6. The summed E-state index contributed by atoms with van der Waals surface area (Å²) in [4.78, 5) is 0. The van der Waals surface area contributed by atoms with Gasteiger partial charge in [-0.05, 0) is 0 Å². The molecule has 0 aromatic rings. The molecule has 0 aliphatic carbocycles. The summed E-state index contributed by atoms with van der Waals surface area (Å²) in [5.74, 6) is 2.27. The van der Waals surface area contributed by atoms with Gasteiger partial charge in [0, 0.05) is 20.1 Å². The molecular weight excluding hydrogens is 338 g/mol. The quantitative estimate of drug-likeness (QED) is 0.659. The van der Waals surface area contributed by atoms with Crippen molar-refractivity contribution in [1.29, 1.82) is 0 Å². The van der Waals surface area contributed by atoms with Gasteiger partial charge in [0.15, 0.2) is 0 Å². The molecule has 0 aliphatic rings. The normalized spacial score (nSPS) is 15.5. The third-order valence-corrected chi connectivity index (χ3v) is 2.71. The molecule has 0 bridgehead atoms. The molecule has 2 heteroatoms. The second-order valence-corrected chi connectivity index (χ2v) is 3.24. The first kappa shape index (κ1) is 23.4. The monoisotopic (exact) mass is 364 g/mol. The van der Waals surface area contributed by atoms with Crippen LogP contribution in [0.4, 0.5) is 0 Å². The van der Waals surface area contributed by atoms with Gasteiger partial charge in [0.2, 0.25) is 0 Å². The van der Waals surface area contributed by atoms with Crippen LogP contribution in [-0.4, -0.2) is 0 Å². The van der Waals surface area contributed by atoms with Gasteiger partial charge >= 0.3 is 0 Å². The van der Waals surface area contributed by atoms with Gasteiger partial charge in [-0.25, -0.2) is 0 Å². The molecule has 0 aromatic heterocycles. The van der Waals surface area contributed by atoms with Gasteiger partial charge in [-0.3, -0.25) is 0 Å². The third-order valence-electron chi connectivity index (χ3n) is 2.71. The van der Waals surface area contributed by atoms with Crippen LogP contribution < -0.4 is 0 Å². The van der Waals surface area contributed by atoms with E-state index in [1.165, 1.54) is 0 Å². The van der Waals surface area contributed by atoms with Gasteiger partial charge in [-0.1, -0.05) is 26.7 Å². The molecule has 0 saturated heterocycles. The van der Waals surface area contributed by atoms with Crippen LogP contribution in [0.3, 0.4) is 0 Å². The predicted octanol–water partition coefficient (Wildman–Crippen LogP) is 4.51. The van der Waals surface area contributed by atoms with Gasteiger partial charge in [0.05, 0.1) is 0 Å². The summed E-state index contributed by atoms with van der Waals surface area (Å²) in [5, 5.41) is 0. The van der Waals surface area contributed by atoms with E-state index in [4.69, 9.17) is 0 Å². The first-order valence-electron chi connectivity index (χ1n) is 4.22. The Hall–Kier alpha value is 0.609. The average Bonchev–Trinajstić information content (AvgIpc) is 2.00. The van der Waals surface area contributed by atoms with Crippen molar-refractivity contribution in [2.45, 2.75) is 34.6 Å². The molecule has 87 valence electrons. The Bertz CT molecular complexity index is 76.2. The van der Waals surface area contributed by atoms with Gasteiger partial charge in [0.1, 0.15) is 0 Å². The minimum Gasteiger partial charge on any atom is -0.693 e. The van der Waals surface area contributed by atoms with Crippen molar-refractivity contribution < 1.29 is 20.1 Å². The molecule has 0 amide bonds. The number of hydrogen-bond acceptors (Lipinski definition) is 0. The first-order valence-corrected chi connectivity index (χ1v) is 4.22. The third kappa shape index (κ3) is 8.93. The van der Waals surface area contributed by atoms with Crippen LogP contribution in [0.25, 0.3) is 6.15 Å². The number of rotatable bonds is 4. The summed E-state index contributed by atoms with van der Waals surface area (Å²) in [6.07, 6.45) is 4.56. The summed E-state index contributed by atoms with van der Waals surface area (Å²) < 4.78 is 0. The predicted molar refractivity (Wildman–Crippen MR) is 59.1 cm³/mol. The van der Waals surface area contributed by atoms with Crippen molar-refractivity contribution in [2.75, 3.05) is 0 Å². The fraction of sp³-hybridized carbons (Fsp3) is 0.727. The first-order chi connectivity index (χ1) is 4.63. The molecule has 0 fully saturated rings. The van der Waals surface area contributed by atoms with Crippen LogP contribution in [0.5, 0.6) is 0 Å². The fourth-order valence-corrected chi connectivity index (χ4v) is 1.09. The summed E-state index contributed by atoms with van der Waals surface area (Å²) in [7, 11) is 0. The van der Waals surface area contributed by atoms with Gasteiger partial charge in [-0.15, -0.1) is 0 Å². The molecule has 0 rings (SSSR count). The smallest absolute Gasteiger partial charge is 0 e. The topological polar surface area (TPSA) is 33.5 Å². The van der Waals surface area contributed by atoms with Crippen molar-refractivity contribution in [3.8, 4) is 0 Å². The van der Waals surface area contributed by atoms with E-state index in [0.717, 1.165) is 17.8 Å². The van der Waals surface area contributed by atoms with E-state index in [2.05, 4.69) is 47.5 Å². The Kier molecular flexibility index (Phi) is 22.7. The molecule has 0 heterocycles. The second-order valence-electron chi connectivity index (χ2n) is 3.24. The van der Waals surface area contributed by atoms with Crippen LogP contribution in [-0.2, 0) is 20.1 Å². The van der Waals surface area contributed by atoms with Crippen molar-refractivity contribution in [3.05, 3.63) is 26.4 Å². The summed E-state index contributed by atoms with van der Waals surface area (Å²) in [6.45, 7) is 11.2. The minimum absolute atomic E-state index is 0. The van der Waals surface area contributed by atoms with E-state index in [1.807, 2.05) is 0 Å². The zero-order valence-electron chi connectivity index (χ0n) is 9.80. The summed E-state index contributed by atoms with van der Waals surface area (Å²) >= 11 is 0. The largest absolute Gasteiger partial charge is 0.693 e. The van der Waals surface area contributed by atoms with Crippen molar-refractivity contribution >= 4 is 0 Å². The maximum absolute atomic E-state index is 2.31. The average molecular weight is 364 g/mol. The standard InChI is InChI=1S/C10H20.CH3.Ir.H2N/c1-6-8(3)10(5)9(4)7-2;;;/h6-10H,1-5H3;1H3;;1H2/q-2;-1;;-1. The van der Waals surface area contributed by atoms with Gasteiger partial charge in [0.25, 0.3) is 0 Å².